The number of carbonyl (C=O) groups is 4. The molecule has 0 radical (unpaired) electrons. The Kier molecular flexibility index (Phi) is 8.65. The Morgan fingerprint density at radius 3 is 2.11 bits per heavy atom. The minimum Gasteiger partial charge on any atom is -0.469 e. The molecule has 18 unspecified atom stereocenters. The lowest BCUT2D eigenvalue weighted by Gasteiger charge is -2.52. The van der Waals surface area contributed by atoms with Crippen LogP contribution in [0.25, 0.3) is 0 Å². The molecule has 1 aliphatic heterocycles. The summed E-state index contributed by atoms with van der Waals surface area (Å²) in [6.07, 6.45) is 7.97. The lowest BCUT2D eigenvalue weighted by atomic mass is 9.52. The van der Waals surface area contributed by atoms with Crippen molar-refractivity contribution in [2.75, 3.05) is 14.2 Å². The molecular formula is C39H58O8. The van der Waals surface area contributed by atoms with Gasteiger partial charge in [0.1, 0.15) is 5.60 Å². The van der Waals surface area contributed by atoms with Crippen LogP contribution in [0.1, 0.15) is 92.9 Å². The lowest BCUT2D eigenvalue weighted by molar-refractivity contribution is -0.160. The third kappa shape index (κ3) is 5.23. The molecule has 8 nitrogen and oxygen atoms in total. The number of fused-ring (bicyclic) bond motifs is 6. The van der Waals surface area contributed by atoms with Gasteiger partial charge >= 0.3 is 23.9 Å². The van der Waals surface area contributed by atoms with Crippen molar-refractivity contribution in [1.82, 2.24) is 0 Å². The Hall–Kier alpha value is -1.96. The molecule has 6 aliphatic carbocycles. The van der Waals surface area contributed by atoms with Gasteiger partial charge in [-0.1, -0.05) is 27.2 Å². The predicted molar refractivity (Wildman–Crippen MR) is 173 cm³/mol. The maximum Gasteiger partial charge on any atom is 0.317 e. The molecule has 7 fully saturated rings. The van der Waals surface area contributed by atoms with Crippen molar-refractivity contribution >= 4 is 23.9 Å². The van der Waals surface area contributed by atoms with Gasteiger partial charge in [-0.2, -0.15) is 0 Å². The van der Waals surface area contributed by atoms with Crippen LogP contribution in [0.4, 0.5) is 0 Å². The molecule has 47 heavy (non-hydrogen) atoms. The van der Waals surface area contributed by atoms with E-state index >= 15 is 0 Å². The summed E-state index contributed by atoms with van der Waals surface area (Å²) in [5, 5.41) is 0. The molecule has 0 N–H and O–H groups in total. The van der Waals surface area contributed by atoms with Gasteiger partial charge in [-0.15, -0.1) is 0 Å². The minimum absolute atomic E-state index is 0.0772. The van der Waals surface area contributed by atoms with Crippen molar-refractivity contribution in [2.45, 2.75) is 105 Å². The Morgan fingerprint density at radius 2 is 1.51 bits per heavy atom. The first-order valence-electron chi connectivity index (χ1n) is 18.9. The highest BCUT2D eigenvalue weighted by Crippen LogP contribution is 2.73. The average Bonchev–Trinajstić information content (AvgIpc) is 3.87. The maximum absolute atomic E-state index is 13.5. The van der Waals surface area contributed by atoms with Crippen LogP contribution in [0.5, 0.6) is 0 Å². The molecule has 0 aromatic rings. The zero-order valence-corrected chi connectivity index (χ0v) is 29.8. The molecule has 6 saturated carbocycles. The van der Waals surface area contributed by atoms with Gasteiger partial charge in [0, 0.05) is 7.11 Å². The van der Waals surface area contributed by atoms with Gasteiger partial charge in [0.2, 0.25) is 0 Å². The lowest BCUT2D eigenvalue weighted by Crippen LogP contribution is -2.51. The number of methoxy groups -OCH3 is 2. The number of cyclic esters (lactones) is 2. The van der Waals surface area contributed by atoms with Crippen LogP contribution in [-0.4, -0.2) is 49.8 Å². The SMILES string of the molecule is CCC1C2CC(C(CC(=O)OC(C)(C)C)OC)C(C2)C1C1C2CC(C(C(=O)OC)C2C)C1C1C2CCC(C2)C1C1C(=O)OC(=O)C1C. The fourth-order valence-electron chi connectivity index (χ4n) is 14.1. The van der Waals surface area contributed by atoms with Gasteiger partial charge in [-0.25, -0.2) is 0 Å². The van der Waals surface area contributed by atoms with E-state index in [0.717, 1.165) is 32.1 Å². The second-order valence-corrected chi connectivity index (χ2v) is 17.9. The summed E-state index contributed by atoms with van der Waals surface area (Å²) >= 11 is 0. The van der Waals surface area contributed by atoms with Gasteiger partial charge in [0.25, 0.3) is 0 Å². The van der Waals surface area contributed by atoms with Crippen LogP contribution in [0, 0.1) is 101 Å². The van der Waals surface area contributed by atoms with Crippen LogP contribution >= 0.6 is 0 Å². The molecule has 6 bridgehead atoms. The largest absolute Gasteiger partial charge is 0.469 e. The summed E-state index contributed by atoms with van der Waals surface area (Å²) in [6, 6.07) is 0. The highest BCUT2D eigenvalue weighted by atomic mass is 16.6. The molecular weight excluding hydrogens is 596 g/mol. The average molecular weight is 655 g/mol. The van der Waals surface area contributed by atoms with E-state index in [9.17, 15) is 19.2 Å². The third-order valence-electron chi connectivity index (χ3n) is 15.2. The third-order valence-corrected chi connectivity index (χ3v) is 15.2. The molecule has 8 heteroatoms. The van der Waals surface area contributed by atoms with Crippen LogP contribution in [0.15, 0.2) is 0 Å². The summed E-state index contributed by atoms with van der Waals surface area (Å²) in [5.74, 6) is 3.70. The van der Waals surface area contributed by atoms with E-state index in [1.54, 1.807) is 7.11 Å². The Bertz CT molecular complexity index is 1270. The van der Waals surface area contributed by atoms with E-state index in [1.165, 1.54) is 20.0 Å². The fraction of sp³-hybridized carbons (Fsp3) is 0.897. The highest BCUT2D eigenvalue weighted by molar-refractivity contribution is 5.96. The Labute approximate surface area is 281 Å². The molecule has 1 heterocycles. The minimum atomic E-state index is -0.534. The first-order valence-corrected chi connectivity index (χ1v) is 18.9. The zero-order valence-electron chi connectivity index (χ0n) is 29.8. The predicted octanol–water partition coefficient (Wildman–Crippen LogP) is 6.34. The molecule has 0 aromatic heterocycles. The normalized spacial score (nSPS) is 48.7. The van der Waals surface area contributed by atoms with Crippen LogP contribution in [0.3, 0.4) is 0 Å². The van der Waals surface area contributed by atoms with Crippen molar-refractivity contribution < 1.29 is 38.1 Å². The first kappa shape index (κ1) is 33.5. The second kappa shape index (κ2) is 12.1. The van der Waals surface area contributed by atoms with Gasteiger partial charge < -0.3 is 18.9 Å². The van der Waals surface area contributed by atoms with E-state index in [1.807, 2.05) is 27.7 Å². The summed E-state index contributed by atoms with van der Waals surface area (Å²) in [5.41, 5.74) is -0.534. The number of esters is 4. The van der Waals surface area contributed by atoms with Crippen molar-refractivity contribution in [3.63, 3.8) is 0 Å². The first-order chi connectivity index (χ1) is 22.3. The van der Waals surface area contributed by atoms with E-state index < -0.39 is 11.5 Å². The smallest absolute Gasteiger partial charge is 0.317 e. The van der Waals surface area contributed by atoms with Crippen LogP contribution in [-0.2, 0) is 38.1 Å². The summed E-state index contributed by atoms with van der Waals surface area (Å²) < 4.78 is 22.6. The number of hydrogen-bond acceptors (Lipinski definition) is 8. The van der Waals surface area contributed by atoms with Crippen molar-refractivity contribution in [3.8, 4) is 0 Å². The van der Waals surface area contributed by atoms with E-state index in [-0.39, 0.29) is 66.0 Å². The summed E-state index contributed by atoms with van der Waals surface area (Å²) in [7, 11) is 3.28. The molecule has 0 amide bonds. The quantitative estimate of drug-likeness (QED) is 0.161. The van der Waals surface area contributed by atoms with Crippen molar-refractivity contribution in [2.24, 2.45) is 101 Å². The summed E-state index contributed by atoms with van der Waals surface area (Å²) in [6.45, 7) is 12.3. The maximum atomic E-state index is 13.5. The van der Waals surface area contributed by atoms with Gasteiger partial charge in [0.15, 0.2) is 0 Å². The van der Waals surface area contributed by atoms with Gasteiger partial charge in [-0.05, 0) is 142 Å². The summed E-state index contributed by atoms with van der Waals surface area (Å²) in [4.78, 5) is 52.6. The molecule has 1 saturated heterocycles. The molecule has 0 spiro atoms. The Balaban J connectivity index is 1.26. The van der Waals surface area contributed by atoms with Gasteiger partial charge in [-0.3, -0.25) is 19.2 Å². The number of rotatable bonds is 9. The number of hydrogen-bond donors (Lipinski definition) is 0. The second-order valence-electron chi connectivity index (χ2n) is 17.9. The van der Waals surface area contributed by atoms with E-state index in [4.69, 9.17) is 18.9 Å². The van der Waals surface area contributed by atoms with Crippen molar-refractivity contribution in [1.29, 1.82) is 0 Å². The zero-order chi connectivity index (χ0) is 33.7. The highest BCUT2D eigenvalue weighted by Gasteiger charge is 2.70. The standard InChI is InChI=1S/C39H58O8/c1-9-22-21-13-24(27(44-7)16-28(40)47-39(4,5)6)25(14-21)33(22)34-23-15-26(29(17(23)2)37(42)45-8)35(34)32-20-11-10-19(12-20)31(32)30-18(3)36(41)46-38(30)43/h17-27,29-35H,9-16H2,1-8H3. The number of ether oxygens (including phenoxy) is 4. The van der Waals surface area contributed by atoms with Gasteiger partial charge in [0.05, 0.1) is 37.4 Å². The van der Waals surface area contributed by atoms with Crippen LogP contribution in [0.2, 0.25) is 0 Å². The van der Waals surface area contributed by atoms with Crippen molar-refractivity contribution in [3.05, 3.63) is 0 Å². The van der Waals surface area contributed by atoms with E-state index in [2.05, 4.69) is 13.8 Å². The van der Waals surface area contributed by atoms with E-state index in [0.29, 0.717) is 65.1 Å². The molecule has 7 aliphatic rings. The Morgan fingerprint density at radius 1 is 0.830 bits per heavy atom. The number of carbonyl (C=O) groups excluding carboxylic acids is 4. The molecule has 7 rings (SSSR count). The molecule has 0 aromatic carbocycles. The van der Waals surface area contributed by atoms with Crippen LogP contribution < -0.4 is 0 Å². The molecule has 18 atom stereocenters. The monoisotopic (exact) mass is 654 g/mol. The fourth-order valence-corrected chi connectivity index (χ4v) is 14.1. The topological polar surface area (TPSA) is 105 Å². The molecule has 262 valence electrons.